The van der Waals surface area contributed by atoms with Gasteiger partial charge in [-0.15, -0.1) is 0 Å². The molecule has 0 bridgehead atoms. The van der Waals surface area contributed by atoms with E-state index in [1.165, 1.54) is 0 Å². The predicted octanol–water partition coefficient (Wildman–Crippen LogP) is 3.32. The van der Waals surface area contributed by atoms with Crippen molar-refractivity contribution in [1.82, 2.24) is 0 Å². The summed E-state index contributed by atoms with van der Waals surface area (Å²) in [6.45, 7) is 2.09. The van der Waals surface area contributed by atoms with E-state index in [2.05, 4.69) is 15.9 Å². The monoisotopic (exact) mass is 281 g/mol. The SMILES string of the molecule is CC(CCN)c1cc(F)c(F)c(Br)c1F. The van der Waals surface area contributed by atoms with Crippen LogP contribution < -0.4 is 5.73 Å². The third kappa shape index (κ3) is 2.52. The van der Waals surface area contributed by atoms with Gasteiger partial charge in [-0.2, -0.15) is 0 Å². The van der Waals surface area contributed by atoms with E-state index in [0.717, 1.165) is 6.07 Å². The maximum Gasteiger partial charge on any atom is 0.175 e. The molecule has 84 valence electrons. The van der Waals surface area contributed by atoms with Crippen molar-refractivity contribution in [2.75, 3.05) is 6.54 Å². The smallest absolute Gasteiger partial charge is 0.175 e. The number of benzene rings is 1. The molecule has 0 heterocycles. The fourth-order valence-corrected chi connectivity index (χ4v) is 1.77. The van der Waals surface area contributed by atoms with E-state index in [0.29, 0.717) is 13.0 Å². The molecule has 0 aromatic heterocycles. The first-order valence-electron chi connectivity index (χ1n) is 4.52. The third-order valence-corrected chi connectivity index (χ3v) is 2.96. The van der Waals surface area contributed by atoms with Gasteiger partial charge in [0.15, 0.2) is 11.6 Å². The Kier molecular flexibility index (Phi) is 4.16. The van der Waals surface area contributed by atoms with Crippen LogP contribution in [0.4, 0.5) is 13.2 Å². The summed E-state index contributed by atoms with van der Waals surface area (Å²) in [4.78, 5) is 0. The fraction of sp³-hybridized carbons (Fsp3) is 0.400. The largest absolute Gasteiger partial charge is 0.330 e. The Morgan fingerprint density at radius 2 is 1.93 bits per heavy atom. The van der Waals surface area contributed by atoms with Crippen molar-refractivity contribution in [2.24, 2.45) is 5.73 Å². The van der Waals surface area contributed by atoms with Crippen LogP contribution in [0.2, 0.25) is 0 Å². The Hall–Kier alpha value is -0.550. The van der Waals surface area contributed by atoms with Gasteiger partial charge in [-0.25, -0.2) is 13.2 Å². The fourth-order valence-electron chi connectivity index (χ4n) is 1.36. The molecule has 0 saturated heterocycles. The average Bonchev–Trinajstić information content (AvgIpc) is 2.20. The molecule has 0 aliphatic heterocycles. The van der Waals surface area contributed by atoms with Crippen molar-refractivity contribution in [3.8, 4) is 0 Å². The molecule has 1 aromatic carbocycles. The van der Waals surface area contributed by atoms with Crippen molar-refractivity contribution in [2.45, 2.75) is 19.3 Å². The summed E-state index contributed by atoms with van der Waals surface area (Å²) in [5.74, 6) is -3.24. The summed E-state index contributed by atoms with van der Waals surface area (Å²) in [5.41, 5.74) is 5.47. The Balaban J connectivity index is 3.19. The molecular formula is C10H11BrF3N. The summed E-state index contributed by atoms with van der Waals surface area (Å²) in [6, 6.07) is 0.885. The molecule has 0 fully saturated rings. The molecule has 0 amide bonds. The molecular weight excluding hydrogens is 271 g/mol. The number of hydrogen-bond donors (Lipinski definition) is 1. The molecule has 1 atom stereocenters. The first-order chi connectivity index (χ1) is 6.99. The van der Waals surface area contributed by atoms with E-state index in [1.54, 1.807) is 6.92 Å². The van der Waals surface area contributed by atoms with Crippen LogP contribution in [0, 0.1) is 17.5 Å². The topological polar surface area (TPSA) is 26.0 Å². The van der Waals surface area contributed by atoms with E-state index >= 15 is 0 Å². The summed E-state index contributed by atoms with van der Waals surface area (Å²) in [6.07, 6.45) is 0.522. The van der Waals surface area contributed by atoms with Crippen LogP contribution >= 0.6 is 15.9 Å². The Bertz CT molecular complexity index is 368. The van der Waals surface area contributed by atoms with Gasteiger partial charge in [0, 0.05) is 0 Å². The lowest BCUT2D eigenvalue weighted by atomic mass is 9.97. The second-order valence-electron chi connectivity index (χ2n) is 3.37. The van der Waals surface area contributed by atoms with E-state index < -0.39 is 21.9 Å². The first kappa shape index (κ1) is 12.5. The molecule has 1 nitrogen and oxygen atoms in total. The molecule has 5 heteroatoms. The Morgan fingerprint density at radius 1 is 1.33 bits per heavy atom. The van der Waals surface area contributed by atoms with Crippen molar-refractivity contribution < 1.29 is 13.2 Å². The van der Waals surface area contributed by atoms with E-state index in [1.807, 2.05) is 0 Å². The predicted molar refractivity (Wildman–Crippen MR) is 56.1 cm³/mol. The summed E-state index contributed by atoms with van der Waals surface area (Å²) >= 11 is 2.68. The van der Waals surface area contributed by atoms with Gasteiger partial charge in [0.25, 0.3) is 0 Å². The van der Waals surface area contributed by atoms with Gasteiger partial charge in [0.2, 0.25) is 0 Å². The van der Waals surface area contributed by atoms with Crippen molar-refractivity contribution in [3.63, 3.8) is 0 Å². The van der Waals surface area contributed by atoms with E-state index in [4.69, 9.17) is 5.73 Å². The summed E-state index contributed by atoms with van der Waals surface area (Å²) in [7, 11) is 0. The highest BCUT2D eigenvalue weighted by atomic mass is 79.9. The van der Waals surface area contributed by atoms with Crippen molar-refractivity contribution in [3.05, 3.63) is 33.6 Å². The molecule has 0 aliphatic carbocycles. The number of rotatable bonds is 3. The zero-order valence-electron chi connectivity index (χ0n) is 8.16. The molecule has 0 saturated carbocycles. The lowest BCUT2D eigenvalue weighted by molar-refractivity contribution is 0.476. The van der Waals surface area contributed by atoms with Gasteiger partial charge < -0.3 is 5.73 Å². The quantitative estimate of drug-likeness (QED) is 0.668. The van der Waals surface area contributed by atoms with Crippen LogP contribution in [0.1, 0.15) is 24.8 Å². The number of halogens is 4. The first-order valence-corrected chi connectivity index (χ1v) is 5.31. The normalized spacial score (nSPS) is 12.9. The lowest BCUT2D eigenvalue weighted by Gasteiger charge is -2.13. The Morgan fingerprint density at radius 3 is 2.47 bits per heavy atom. The summed E-state index contributed by atoms with van der Waals surface area (Å²) in [5, 5.41) is 0. The molecule has 0 radical (unpaired) electrons. The van der Waals surface area contributed by atoms with Crippen LogP contribution in [0.5, 0.6) is 0 Å². The van der Waals surface area contributed by atoms with Gasteiger partial charge in [0.1, 0.15) is 5.82 Å². The number of hydrogen-bond acceptors (Lipinski definition) is 1. The number of nitrogens with two attached hydrogens (primary N) is 1. The van der Waals surface area contributed by atoms with Gasteiger partial charge in [-0.1, -0.05) is 6.92 Å². The van der Waals surface area contributed by atoms with Crippen LogP contribution in [0.3, 0.4) is 0 Å². The second kappa shape index (κ2) is 4.99. The zero-order valence-corrected chi connectivity index (χ0v) is 9.74. The van der Waals surface area contributed by atoms with Crippen LogP contribution in [0.15, 0.2) is 10.5 Å². The zero-order chi connectivity index (χ0) is 11.6. The molecule has 1 aromatic rings. The van der Waals surface area contributed by atoms with Crippen molar-refractivity contribution >= 4 is 15.9 Å². The maximum absolute atomic E-state index is 13.5. The van der Waals surface area contributed by atoms with Gasteiger partial charge in [-0.05, 0) is 46.4 Å². The van der Waals surface area contributed by atoms with Crippen LogP contribution in [0.25, 0.3) is 0 Å². The molecule has 2 N–H and O–H groups in total. The molecule has 15 heavy (non-hydrogen) atoms. The molecule has 1 rings (SSSR count). The molecule has 1 unspecified atom stereocenters. The minimum atomic E-state index is -1.20. The average molecular weight is 282 g/mol. The molecule has 0 aliphatic rings. The van der Waals surface area contributed by atoms with Crippen LogP contribution in [-0.4, -0.2) is 6.54 Å². The van der Waals surface area contributed by atoms with Crippen LogP contribution in [-0.2, 0) is 0 Å². The van der Waals surface area contributed by atoms with Crippen molar-refractivity contribution in [1.29, 1.82) is 0 Å². The summed E-state index contributed by atoms with van der Waals surface area (Å²) < 4.78 is 39.0. The highest BCUT2D eigenvalue weighted by molar-refractivity contribution is 9.10. The van der Waals surface area contributed by atoms with Gasteiger partial charge in [-0.3, -0.25) is 0 Å². The van der Waals surface area contributed by atoms with Gasteiger partial charge >= 0.3 is 0 Å². The van der Waals surface area contributed by atoms with E-state index in [-0.39, 0.29) is 11.5 Å². The van der Waals surface area contributed by atoms with Gasteiger partial charge in [0.05, 0.1) is 4.47 Å². The highest BCUT2D eigenvalue weighted by Gasteiger charge is 2.19. The third-order valence-electron chi connectivity index (χ3n) is 2.26. The maximum atomic E-state index is 13.5. The second-order valence-corrected chi connectivity index (χ2v) is 4.16. The van der Waals surface area contributed by atoms with E-state index in [9.17, 15) is 13.2 Å². The minimum Gasteiger partial charge on any atom is -0.330 e. The molecule has 0 spiro atoms. The lowest BCUT2D eigenvalue weighted by Crippen LogP contribution is -2.08. The Labute approximate surface area is 94.6 Å². The standard InChI is InChI=1S/C10H11BrF3N/c1-5(2-3-15)6-4-7(12)10(14)8(11)9(6)13/h4-5H,2-3,15H2,1H3. The highest BCUT2D eigenvalue weighted by Crippen LogP contribution is 2.30. The minimum absolute atomic E-state index is 0.145.